The van der Waals surface area contributed by atoms with E-state index in [1.54, 1.807) is 24.5 Å². The molecule has 0 bridgehead atoms. The monoisotopic (exact) mass is 568 g/mol. The van der Waals surface area contributed by atoms with Gasteiger partial charge < -0.3 is 20.3 Å². The zero-order chi connectivity index (χ0) is 27.7. The Kier molecular flexibility index (Phi) is 8.11. The summed E-state index contributed by atoms with van der Waals surface area (Å²) in [5.41, 5.74) is 10.3. The van der Waals surface area contributed by atoms with Gasteiger partial charge in [-0.15, -0.1) is 0 Å². The highest BCUT2D eigenvalue weighted by Crippen LogP contribution is 2.42. The lowest BCUT2D eigenvalue weighted by atomic mass is 10.0. The topological polar surface area (TPSA) is 97.7 Å². The zero-order valence-corrected chi connectivity index (χ0v) is 24.2. The standard InChI is InChI=1S/C28H34Cl2N8O/c1-5-39-21-14-22(29)26(23(30)15-21)25-19(4)35-38-24(13-18(3)34-27(25)38)37(16-17(2)31)20-7-11-36(12-8-20)28-32-9-6-10-33-28/h6,9-10,13-15,17,20H,5,7-8,11-12,16,31H2,1-4H3. The van der Waals surface area contributed by atoms with E-state index >= 15 is 0 Å². The number of benzene rings is 1. The van der Waals surface area contributed by atoms with Crippen molar-refractivity contribution in [2.75, 3.05) is 36.0 Å². The molecule has 4 aromatic rings. The van der Waals surface area contributed by atoms with Gasteiger partial charge in [0.1, 0.15) is 11.6 Å². The number of nitrogens with two attached hydrogens (primary N) is 1. The van der Waals surface area contributed by atoms with Gasteiger partial charge in [-0.1, -0.05) is 23.2 Å². The van der Waals surface area contributed by atoms with Crippen molar-refractivity contribution in [1.82, 2.24) is 24.6 Å². The molecule has 11 heteroatoms. The van der Waals surface area contributed by atoms with Gasteiger partial charge in [0, 0.05) is 61.4 Å². The first-order valence-corrected chi connectivity index (χ1v) is 14.1. The predicted molar refractivity (Wildman–Crippen MR) is 157 cm³/mol. The first kappa shape index (κ1) is 27.4. The van der Waals surface area contributed by atoms with Gasteiger partial charge in [-0.2, -0.15) is 9.61 Å². The highest BCUT2D eigenvalue weighted by Gasteiger charge is 2.30. The van der Waals surface area contributed by atoms with Crippen molar-refractivity contribution in [1.29, 1.82) is 0 Å². The molecule has 0 aliphatic carbocycles. The molecule has 1 aliphatic heterocycles. The van der Waals surface area contributed by atoms with Gasteiger partial charge in [0.15, 0.2) is 5.65 Å². The maximum Gasteiger partial charge on any atom is 0.225 e. The normalized spacial score (nSPS) is 15.1. The molecule has 9 nitrogen and oxygen atoms in total. The van der Waals surface area contributed by atoms with Crippen molar-refractivity contribution in [2.24, 2.45) is 5.73 Å². The fourth-order valence-electron chi connectivity index (χ4n) is 5.33. The van der Waals surface area contributed by atoms with Crippen molar-refractivity contribution < 1.29 is 4.74 Å². The van der Waals surface area contributed by atoms with Crippen LogP contribution in [-0.4, -0.2) is 62.9 Å². The van der Waals surface area contributed by atoms with E-state index in [0.717, 1.165) is 54.6 Å². The second-order valence-electron chi connectivity index (χ2n) is 10.0. The second-order valence-corrected chi connectivity index (χ2v) is 10.9. The van der Waals surface area contributed by atoms with Crippen LogP contribution in [0.4, 0.5) is 11.8 Å². The molecule has 2 N–H and O–H groups in total. The molecule has 1 fully saturated rings. The minimum atomic E-state index is -0.0323. The molecule has 0 spiro atoms. The number of aromatic nitrogens is 5. The third-order valence-electron chi connectivity index (χ3n) is 6.97. The second kappa shape index (κ2) is 11.5. The van der Waals surface area contributed by atoms with E-state index in [2.05, 4.69) is 25.8 Å². The van der Waals surface area contributed by atoms with Crippen LogP contribution < -0.4 is 20.3 Å². The molecule has 1 aromatic carbocycles. The number of halogens is 2. The molecule has 206 valence electrons. The van der Waals surface area contributed by atoms with Gasteiger partial charge in [0.05, 0.1) is 27.9 Å². The Morgan fingerprint density at radius 2 is 1.74 bits per heavy atom. The summed E-state index contributed by atoms with van der Waals surface area (Å²) in [6.45, 7) is 10.8. The summed E-state index contributed by atoms with van der Waals surface area (Å²) in [5.74, 6) is 2.36. The molecule has 3 aromatic heterocycles. The first-order chi connectivity index (χ1) is 18.8. The molecule has 0 radical (unpaired) electrons. The van der Waals surface area contributed by atoms with Crippen LogP contribution in [0, 0.1) is 13.8 Å². The number of hydrogen-bond acceptors (Lipinski definition) is 8. The molecule has 4 heterocycles. The third kappa shape index (κ3) is 5.62. The van der Waals surface area contributed by atoms with E-state index in [0.29, 0.717) is 40.2 Å². The molecular formula is C28H34Cl2N8O. The highest BCUT2D eigenvalue weighted by atomic mass is 35.5. The Bertz CT molecular complexity index is 1430. The van der Waals surface area contributed by atoms with Crippen molar-refractivity contribution in [3.63, 3.8) is 0 Å². The largest absolute Gasteiger partial charge is 0.494 e. The fourth-order valence-corrected chi connectivity index (χ4v) is 5.99. The summed E-state index contributed by atoms with van der Waals surface area (Å²) in [7, 11) is 0. The first-order valence-electron chi connectivity index (χ1n) is 13.3. The number of piperidine rings is 1. The summed E-state index contributed by atoms with van der Waals surface area (Å²) >= 11 is 13.5. The molecule has 1 aliphatic rings. The lowest BCUT2D eigenvalue weighted by Gasteiger charge is -2.40. The van der Waals surface area contributed by atoms with Crippen LogP contribution in [0.1, 0.15) is 38.1 Å². The minimum absolute atomic E-state index is 0.0323. The lowest BCUT2D eigenvalue weighted by molar-refractivity contribution is 0.340. The maximum atomic E-state index is 6.76. The summed E-state index contributed by atoms with van der Waals surface area (Å²) < 4.78 is 7.54. The molecule has 0 saturated carbocycles. The molecule has 1 saturated heterocycles. The molecule has 5 rings (SSSR count). The summed E-state index contributed by atoms with van der Waals surface area (Å²) in [5, 5.41) is 5.94. The Morgan fingerprint density at radius 1 is 1.08 bits per heavy atom. The summed E-state index contributed by atoms with van der Waals surface area (Å²) in [4.78, 5) is 18.4. The van der Waals surface area contributed by atoms with E-state index < -0.39 is 0 Å². The molecule has 39 heavy (non-hydrogen) atoms. The Balaban J connectivity index is 1.55. The van der Waals surface area contributed by atoms with Gasteiger partial charge in [0.2, 0.25) is 5.95 Å². The molecular weight excluding hydrogens is 535 g/mol. The van der Waals surface area contributed by atoms with Crippen molar-refractivity contribution >= 4 is 40.6 Å². The van der Waals surface area contributed by atoms with Crippen LogP contribution in [0.5, 0.6) is 5.75 Å². The highest BCUT2D eigenvalue weighted by molar-refractivity contribution is 6.39. The van der Waals surface area contributed by atoms with Gasteiger partial charge >= 0.3 is 0 Å². The Labute approximate surface area is 238 Å². The van der Waals surface area contributed by atoms with Crippen LogP contribution >= 0.6 is 23.2 Å². The molecule has 1 atom stereocenters. The van der Waals surface area contributed by atoms with Crippen LogP contribution in [0.15, 0.2) is 36.7 Å². The third-order valence-corrected chi connectivity index (χ3v) is 7.57. The number of anilines is 2. The number of hydrogen-bond donors (Lipinski definition) is 1. The number of fused-ring (bicyclic) bond motifs is 1. The van der Waals surface area contributed by atoms with Gasteiger partial charge in [-0.25, -0.2) is 15.0 Å². The van der Waals surface area contributed by atoms with E-state index in [1.807, 2.05) is 38.3 Å². The Morgan fingerprint density at radius 3 is 2.36 bits per heavy atom. The van der Waals surface area contributed by atoms with Gasteiger partial charge in [-0.3, -0.25) is 0 Å². The van der Waals surface area contributed by atoms with Crippen LogP contribution in [0.25, 0.3) is 16.8 Å². The van der Waals surface area contributed by atoms with E-state index in [9.17, 15) is 0 Å². The summed E-state index contributed by atoms with van der Waals surface area (Å²) in [6.07, 6.45) is 5.45. The number of rotatable bonds is 8. The molecule has 1 unspecified atom stereocenters. The SMILES string of the molecule is CCOc1cc(Cl)c(-c2c(C)nn3c(N(CC(C)N)C4CCN(c5ncccn5)CC4)cc(C)nc23)c(Cl)c1. The van der Waals surface area contributed by atoms with Crippen molar-refractivity contribution in [3.8, 4) is 16.9 Å². The number of aryl methyl sites for hydroxylation is 2. The van der Waals surface area contributed by atoms with E-state index in [-0.39, 0.29) is 12.1 Å². The average molecular weight is 570 g/mol. The van der Waals surface area contributed by atoms with Crippen molar-refractivity contribution in [2.45, 2.75) is 52.6 Å². The van der Waals surface area contributed by atoms with Crippen molar-refractivity contribution in [3.05, 3.63) is 58.1 Å². The van der Waals surface area contributed by atoms with E-state index in [4.69, 9.17) is 43.8 Å². The quantitative estimate of drug-likeness (QED) is 0.304. The average Bonchev–Trinajstić information content (AvgIpc) is 3.22. The van der Waals surface area contributed by atoms with Crippen LogP contribution in [0.3, 0.4) is 0 Å². The number of nitrogens with zero attached hydrogens (tertiary/aromatic N) is 7. The van der Waals surface area contributed by atoms with E-state index in [1.165, 1.54) is 0 Å². The fraction of sp³-hybridized carbons (Fsp3) is 0.429. The van der Waals surface area contributed by atoms with Crippen LogP contribution in [0.2, 0.25) is 10.0 Å². The maximum absolute atomic E-state index is 6.76. The molecule has 0 amide bonds. The number of ether oxygens (including phenoxy) is 1. The van der Waals surface area contributed by atoms with Gasteiger partial charge in [-0.05, 0) is 58.7 Å². The lowest BCUT2D eigenvalue weighted by Crippen LogP contribution is -2.49. The van der Waals surface area contributed by atoms with Gasteiger partial charge in [0.25, 0.3) is 0 Å². The minimum Gasteiger partial charge on any atom is -0.494 e. The summed E-state index contributed by atoms with van der Waals surface area (Å²) in [6, 6.07) is 7.74. The smallest absolute Gasteiger partial charge is 0.225 e. The Hall–Kier alpha value is -3.14. The predicted octanol–water partition coefficient (Wildman–Crippen LogP) is 5.33. The van der Waals surface area contributed by atoms with Crippen LogP contribution in [-0.2, 0) is 0 Å². The zero-order valence-electron chi connectivity index (χ0n) is 22.7.